The molecule has 2 N–H and O–H groups in total. The first kappa shape index (κ1) is 42.0. The number of unbranched alkanes of at least 4 members (excludes halogenated alkanes) is 18. The van der Waals surface area contributed by atoms with Crippen LogP contribution in [0.15, 0.2) is 48.6 Å². The highest BCUT2D eigenvalue weighted by Gasteiger charge is 2.61. The van der Waals surface area contributed by atoms with E-state index >= 15 is 0 Å². The van der Waals surface area contributed by atoms with Crippen molar-refractivity contribution < 1.29 is 9.47 Å². The van der Waals surface area contributed by atoms with Crippen LogP contribution in [0.5, 0.6) is 0 Å². The third-order valence-corrected chi connectivity index (χ3v) is 11.0. The van der Waals surface area contributed by atoms with Gasteiger partial charge >= 0.3 is 0 Å². The molecule has 1 saturated carbocycles. The summed E-state index contributed by atoms with van der Waals surface area (Å²) in [6.07, 6.45) is 52.8. The third-order valence-electron chi connectivity index (χ3n) is 11.0. The van der Waals surface area contributed by atoms with Crippen molar-refractivity contribution in [2.75, 3.05) is 0 Å². The summed E-state index contributed by atoms with van der Waals surface area (Å²) >= 11 is 0. The monoisotopic (exact) mass is 654 g/mol. The minimum Gasteiger partial charge on any atom is -0.344 e. The molecule has 0 aromatic heterocycles. The fourth-order valence-electron chi connectivity index (χ4n) is 7.52. The van der Waals surface area contributed by atoms with Gasteiger partial charge < -0.3 is 15.2 Å². The Labute approximate surface area is 293 Å². The molecule has 0 spiro atoms. The van der Waals surface area contributed by atoms with Crippen LogP contribution >= 0.6 is 0 Å². The fraction of sp³-hybridized carbons (Fsp3) is 0.818. The molecule has 0 bridgehead atoms. The normalized spacial score (nSPS) is 26.3. The van der Waals surface area contributed by atoms with Crippen molar-refractivity contribution in [3.05, 3.63) is 48.6 Å². The van der Waals surface area contributed by atoms with Gasteiger partial charge in [-0.25, -0.2) is 0 Å². The van der Waals surface area contributed by atoms with Crippen LogP contribution in [-0.2, 0) is 9.47 Å². The predicted molar refractivity (Wildman–Crippen MR) is 207 cm³/mol. The van der Waals surface area contributed by atoms with E-state index in [1.54, 1.807) is 0 Å². The summed E-state index contributed by atoms with van der Waals surface area (Å²) < 4.78 is 13.8. The molecule has 1 saturated heterocycles. The molecule has 3 heteroatoms. The first-order valence-corrected chi connectivity index (χ1v) is 20.7. The Balaban J connectivity index is 1.58. The molecule has 2 fully saturated rings. The molecule has 272 valence electrons. The van der Waals surface area contributed by atoms with Gasteiger partial charge in [-0.1, -0.05) is 146 Å². The third kappa shape index (κ3) is 17.9. The van der Waals surface area contributed by atoms with Gasteiger partial charge in [-0.2, -0.15) is 0 Å². The van der Waals surface area contributed by atoms with Crippen molar-refractivity contribution >= 4 is 0 Å². The van der Waals surface area contributed by atoms with E-state index in [9.17, 15) is 0 Å². The highest BCUT2D eigenvalue weighted by atomic mass is 16.8. The maximum atomic E-state index is 6.96. The first-order chi connectivity index (χ1) is 23.0. The van der Waals surface area contributed by atoms with E-state index in [0.29, 0.717) is 5.92 Å². The SMILES string of the molecule is CCCCCC=CCC=CCCCCCCCCC1(CCCCCCCCC=CCC=CCCCCC)OC2CC(N)C(C)C2(C)O1. The molecule has 4 unspecified atom stereocenters. The molecule has 3 nitrogen and oxygen atoms in total. The highest BCUT2D eigenvalue weighted by molar-refractivity contribution is 5.08. The fourth-order valence-corrected chi connectivity index (χ4v) is 7.52. The average Bonchev–Trinajstić information content (AvgIpc) is 3.45. The summed E-state index contributed by atoms with van der Waals surface area (Å²) in [5, 5.41) is 0. The first-order valence-electron chi connectivity index (χ1n) is 20.7. The van der Waals surface area contributed by atoms with E-state index in [2.05, 4.69) is 76.3 Å². The van der Waals surface area contributed by atoms with Crippen LogP contribution < -0.4 is 5.73 Å². The molecule has 2 rings (SSSR count). The van der Waals surface area contributed by atoms with Gasteiger partial charge in [0.2, 0.25) is 0 Å². The lowest BCUT2D eigenvalue weighted by molar-refractivity contribution is -0.209. The minimum atomic E-state index is -0.391. The quantitative estimate of drug-likeness (QED) is 0.0620. The molecule has 2 aliphatic rings. The smallest absolute Gasteiger partial charge is 0.169 e. The second-order valence-electron chi connectivity index (χ2n) is 15.2. The van der Waals surface area contributed by atoms with Crippen LogP contribution in [0.3, 0.4) is 0 Å². The Kier molecular flexibility index (Phi) is 23.8. The van der Waals surface area contributed by atoms with Gasteiger partial charge in [0.25, 0.3) is 0 Å². The molecule has 0 radical (unpaired) electrons. The Bertz CT molecular complexity index is 811. The second kappa shape index (κ2) is 26.7. The molecule has 0 aromatic carbocycles. The summed E-state index contributed by atoms with van der Waals surface area (Å²) in [7, 11) is 0. The van der Waals surface area contributed by atoms with E-state index in [1.807, 2.05) is 0 Å². The van der Waals surface area contributed by atoms with Gasteiger partial charge in [0.05, 0.1) is 11.7 Å². The van der Waals surface area contributed by atoms with E-state index in [-0.39, 0.29) is 17.7 Å². The number of ether oxygens (including phenoxy) is 2. The molecular weight excluding hydrogens is 574 g/mol. The predicted octanol–water partition coefficient (Wildman–Crippen LogP) is 13.6. The number of fused-ring (bicyclic) bond motifs is 1. The lowest BCUT2D eigenvalue weighted by atomic mass is 9.91. The van der Waals surface area contributed by atoms with Gasteiger partial charge in [-0.15, -0.1) is 0 Å². The van der Waals surface area contributed by atoms with E-state index in [4.69, 9.17) is 15.2 Å². The van der Waals surface area contributed by atoms with Crippen LogP contribution in [0, 0.1) is 5.92 Å². The maximum Gasteiger partial charge on any atom is 0.169 e. The Morgan fingerprint density at radius 2 is 0.936 bits per heavy atom. The lowest BCUT2D eigenvalue weighted by Gasteiger charge is -2.34. The van der Waals surface area contributed by atoms with Gasteiger partial charge in [-0.3, -0.25) is 0 Å². The standard InChI is InChI=1S/C44H79NO2/c1-5-7-9-11-13-15-17-19-21-23-25-27-29-31-33-35-37-44(46-42-39-41(45)40(3)43(42,4)47-44)38-36-34-32-30-28-26-24-22-20-18-16-14-12-10-8-6-2/h13-16,19-22,40-42H,5-12,17-18,23-39,45H2,1-4H3. The largest absolute Gasteiger partial charge is 0.344 e. The molecule has 0 aromatic rings. The molecule has 47 heavy (non-hydrogen) atoms. The Morgan fingerprint density at radius 1 is 0.553 bits per heavy atom. The summed E-state index contributed by atoms with van der Waals surface area (Å²) in [5.41, 5.74) is 6.22. The van der Waals surface area contributed by atoms with Crippen LogP contribution in [0.1, 0.15) is 201 Å². The summed E-state index contributed by atoms with van der Waals surface area (Å²) in [6, 6.07) is 0.187. The number of rotatable bonds is 30. The van der Waals surface area contributed by atoms with E-state index in [0.717, 1.165) is 32.1 Å². The van der Waals surface area contributed by atoms with Crippen molar-refractivity contribution in [3.63, 3.8) is 0 Å². The maximum absolute atomic E-state index is 6.96. The van der Waals surface area contributed by atoms with Crippen molar-refractivity contribution in [1.29, 1.82) is 0 Å². The topological polar surface area (TPSA) is 44.5 Å². The van der Waals surface area contributed by atoms with Gasteiger partial charge in [0, 0.05) is 24.8 Å². The van der Waals surface area contributed by atoms with Crippen molar-refractivity contribution in [1.82, 2.24) is 0 Å². The molecule has 1 aliphatic heterocycles. The van der Waals surface area contributed by atoms with E-state index in [1.165, 1.54) is 141 Å². The second-order valence-corrected chi connectivity index (χ2v) is 15.2. The molecular formula is C44H79NO2. The van der Waals surface area contributed by atoms with Crippen molar-refractivity contribution in [2.45, 2.75) is 225 Å². The zero-order valence-corrected chi connectivity index (χ0v) is 31.8. The number of hydrogen-bond donors (Lipinski definition) is 1. The molecule has 4 atom stereocenters. The van der Waals surface area contributed by atoms with Gasteiger partial charge in [0.15, 0.2) is 5.79 Å². The molecule has 0 amide bonds. The summed E-state index contributed by atoms with van der Waals surface area (Å²) in [4.78, 5) is 0. The van der Waals surface area contributed by atoms with Crippen molar-refractivity contribution in [2.24, 2.45) is 11.7 Å². The van der Waals surface area contributed by atoms with E-state index < -0.39 is 5.79 Å². The zero-order valence-electron chi connectivity index (χ0n) is 31.8. The zero-order chi connectivity index (χ0) is 33.9. The van der Waals surface area contributed by atoms with Gasteiger partial charge in [-0.05, 0) is 90.4 Å². The number of allylic oxidation sites excluding steroid dienone is 8. The number of nitrogens with two attached hydrogens (primary N) is 1. The van der Waals surface area contributed by atoms with Crippen LogP contribution in [-0.4, -0.2) is 23.5 Å². The van der Waals surface area contributed by atoms with Gasteiger partial charge in [0.1, 0.15) is 0 Å². The Hall–Kier alpha value is -1.16. The summed E-state index contributed by atoms with van der Waals surface area (Å²) in [6.45, 7) is 9.08. The molecule has 1 aliphatic carbocycles. The number of hydrogen-bond acceptors (Lipinski definition) is 3. The lowest BCUT2D eigenvalue weighted by Crippen LogP contribution is -2.42. The van der Waals surface area contributed by atoms with Crippen LogP contribution in [0.25, 0.3) is 0 Å². The highest BCUT2D eigenvalue weighted by Crippen LogP contribution is 2.52. The van der Waals surface area contributed by atoms with Crippen LogP contribution in [0.2, 0.25) is 0 Å². The molecule has 1 heterocycles. The minimum absolute atomic E-state index is 0.154. The summed E-state index contributed by atoms with van der Waals surface area (Å²) in [5.74, 6) is -0.0423. The van der Waals surface area contributed by atoms with Crippen LogP contribution in [0.4, 0.5) is 0 Å². The van der Waals surface area contributed by atoms with Crippen molar-refractivity contribution in [3.8, 4) is 0 Å². The average molecular weight is 654 g/mol. The Morgan fingerprint density at radius 3 is 1.34 bits per heavy atom.